The molecule has 29 heavy (non-hydrogen) atoms. The van der Waals surface area contributed by atoms with Crippen LogP contribution in [-0.2, 0) is 9.59 Å². The highest BCUT2D eigenvalue weighted by Gasteiger charge is 2.30. The van der Waals surface area contributed by atoms with Gasteiger partial charge in [-0.3, -0.25) is 24.6 Å². The first-order valence-electron chi connectivity index (χ1n) is 9.16. The van der Waals surface area contributed by atoms with Gasteiger partial charge >= 0.3 is 0 Å². The number of thiazole rings is 1. The lowest BCUT2D eigenvalue weighted by atomic mass is 10.1. The van der Waals surface area contributed by atoms with E-state index in [-0.39, 0.29) is 30.6 Å². The molecule has 2 heterocycles. The second kappa shape index (κ2) is 6.79. The third kappa shape index (κ3) is 3.05. The number of imide groups is 1. The van der Waals surface area contributed by atoms with E-state index in [1.165, 1.54) is 11.3 Å². The summed E-state index contributed by atoms with van der Waals surface area (Å²) in [6, 6.07) is 18.5. The van der Waals surface area contributed by atoms with Crippen LogP contribution in [-0.4, -0.2) is 22.7 Å². The number of amides is 3. The second-order valence-corrected chi connectivity index (χ2v) is 7.81. The van der Waals surface area contributed by atoms with Crippen molar-refractivity contribution in [2.45, 2.75) is 12.8 Å². The molecule has 1 saturated heterocycles. The van der Waals surface area contributed by atoms with E-state index in [9.17, 15) is 14.4 Å². The fourth-order valence-electron chi connectivity index (χ4n) is 3.53. The van der Waals surface area contributed by atoms with Gasteiger partial charge in [0.05, 0.1) is 15.9 Å². The summed E-state index contributed by atoms with van der Waals surface area (Å²) in [7, 11) is 0. The summed E-state index contributed by atoms with van der Waals surface area (Å²) in [6.45, 7) is 0. The Morgan fingerprint density at radius 3 is 2.59 bits per heavy atom. The maximum Gasteiger partial charge on any atom is 0.257 e. The van der Waals surface area contributed by atoms with Crippen LogP contribution in [0, 0.1) is 0 Å². The normalized spacial score (nSPS) is 14.1. The fourth-order valence-corrected chi connectivity index (χ4v) is 4.41. The lowest BCUT2D eigenvalue weighted by Crippen LogP contribution is -2.28. The number of hydrogen-bond acceptors (Lipinski definition) is 5. The highest BCUT2D eigenvalue weighted by atomic mass is 32.1. The first-order valence-corrected chi connectivity index (χ1v) is 9.97. The molecule has 5 rings (SSSR count). The van der Waals surface area contributed by atoms with Gasteiger partial charge in [0, 0.05) is 23.8 Å². The van der Waals surface area contributed by atoms with E-state index in [2.05, 4.69) is 10.3 Å². The molecule has 3 aromatic carbocycles. The highest BCUT2D eigenvalue weighted by molar-refractivity contribution is 7.22. The summed E-state index contributed by atoms with van der Waals surface area (Å²) >= 11 is 1.40. The third-order valence-electron chi connectivity index (χ3n) is 4.92. The van der Waals surface area contributed by atoms with Crippen LogP contribution in [0.25, 0.3) is 21.0 Å². The summed E-state index contributed by atoms with van der Waals surface area (Å²) in [6.07, 6.45) is 0.407. The number of carbonyl (C=O) groups is 3. The summed E-state index contributed by atoms with van der Waals surface area (Å²) in [5, 5.41) is 5.46. The molecule has 4 aromatic rings. The number of fused-ring (bicyclic) bond motifs is 3. The van der Waals surface area contributed by atoms with E-state index in [1.807, 2.05) is 36.4 Å². The van der Waals surface area contributed by atoms with Crippen LogP contribution in [0.15, 0.2) is 60.7 Å². The summed E-state index contributed by atoms with van der Waals surface area (Å²) in [5.74, 6) is -0.828. The summed E-state index contributed by atoms with van der Waals surface area (Å²) in [4.78, 5) is 42.4. The average Bonchev–Trinajstić information content (AvgIpc) is 3.30. The van der Waals surface area contributed by atoms with Crippen LogP contribution in [0.4, 0.5) is 10.8 Å². The number of hydrogen-bond donors (Lipinski definition) is 1. The van der Waals surface area contributed by atoms with Crippen molar-refractivity contribution in [2.24, 2.45) is 0 Å². The minimum atomic E-state index is -0.339. The highest BCUT2D eigenvalue weighted by Crippen LogP contribution is 2.32. The van der Waals surface area contributed by atoms with Crippen LogP contribution in [0.1, 0.15) is 23.2 Å². The number of carbonyl (C=O) groups excluding carboxylic acids is 3. The SMILES string of the molecule is O=C(Nc1nc2c(ccc3ccccc32)s1)c1cccc(N2C(=O)CCC2=O)c1. The van der Waals surface area contributed by atoms with Gasteiger partial charge in [-0.25, -0.2) is 4.98 Å². The molecule has 0 atom stereocenters. The molecule has 0 saturated carbocycles. The van der Waals surface area contributed by atoms with Crippen LogP contribution < -0.4 is 10.2 Å². The van der Waals surface area contributed by atoms with Crippen molar-refractivity contribution in [1.29, 1.82) is 0 Å². The van der Waals surface area contributed by atoms with Crippen LogP contribution in [0.3, 0.4) is 0 Å². The van der Waals surface area contributed by atoms with E-state index in [1.54, 1.807) is 24.3 Å². The molecule has 1 aromatic heterocycles. The third-order valence-corrected chi connectivity index (χ3v) is 5.86. The van der Waals surface area contributed by atoms with E-state index in [0.29, 0.717) is 16.4 Å². The number of anilines is 2. The molecule has 0 spiro atoms. The van der Waals surface area contributed by atoms with Gasteiger partial charge in [0.15, 0.2) is 5.13 Å². The van der Waals surface area contributed by atoms with Crippen LogP contribution >= 0.6 is 11.3 Å². The quantitative estimate of drug-likeness (QED) is 0.518. The molecule has 0 unspecified atom stereocenters. The van der Waals surface area contributed by atoms with Gasteiger partial charge in [0.25, 0.3) is 5.91 Å². The van der Waals surface area contributed by atoms with E-state index in [4.69, 9.17) is 0 Å². The van der Waals surface area contributed by atoms with E-state index in [0.717, 1.165) is 25.9 Å². The van der Waals surface area contributed by atoms with Crippen molar-refractivity contribution in [3.63, 3.8) is 0 Å². The number of aromatic nitrogens is 1. The van der Waals surface area contributed by atoms with Gasteiger partial charge in [-0.15, -0.1) is 0 Å². The molecular weight excluding hydrogens is 386 g/mol. The summed E-state index contributed by atoms with van der Waals surface area (Å²) < 4.78 is 0.987. The van der Waals surface area contributed by atoms with E-state index < -0.39 is 0 Å². The maximum absolute atomic E-state index is 12.8. The van der Waals surface area contributed by atoms with Crippen molar-refractivity contribution in [2.75, 3.05) is 10.2 Å². The average molecular weight is 401 g/mol. The molecule has 1 fully saturated rings. The van der Waals surface area contributed by atoms with Gasteiger partial charge in [-0.05, 0) is 29.7 Å². The minimum Gasteiger partial charge on any atom is -0.298 e. The maximum atomic E-state index is 12.8. The zero-order valence-corrected chi connectivity index (χ0v) is 16.0. The molecular formula is C22H15N3O3S. The number of nitrogens with one attached hydrogen (secondary N) is 1. The van der Waals surface area contributed by atoms with Crippen molar-refractivity contribution >= 4 is 60.9 Å². The van der Waals surface area contributed by atoms with Crippen molar-refractivity contribution in [3.05, 3.63) is 66.2 Å². The van der Waals surface area contributed by atoms with Crippen molar-refractivity contribution < 1.29 is 14.4 Å². The van der Waals surface area contributed by atoms with Crippen LogP contribution in [0.2, 0.25) is 0 Å². The first-order chi connectivity index (χ1) is 14.1. The Morgan fingerprint density at radius 2 is 1.76 bits per heavy atom. The predicted molar refractivity (Wildman–Crippen MR) is 113 cm³/mol. The number of benzene rings is 3. The standard InChI is InChI=1S/C22H15N3O3S/c26-18-10-11-19(27)25(18)15-6-3-5-14(12-15)21(28)24-22-23-20-16-7-2-1-4-13(16)8-9-17(20)29-22/h1-9,12H,10-11H2,(H,23,24,28). The van der Waals surface area contributed by atoms with Crippen molar-refractivity contribution in [1.82, 2.24) is 4.98 Å². The predicted octanol–water partition coefficient (Wildman–Crippen LogP) is 4.36. The molecule has 142 valence electrons. The Kier molecular flexibility index (Phi) is 4.10. The Labute approximate surface area is 169 Å². The van der Waals surface area contributed by atoms with Gasteiger partial charge < -0.3 is 0 Å². The van der Waals surface area contributed by atoms with Gasteiger partial charge in [-0.2, -0.15) is 0 Å². The zero-order chi connectivity index (χ0) is 20.0. The molecule has 1 aliphatic heterocycles. The molecule has 0 radical (unpaired) electrons. The molecule has 1 N–H and O–H groups in total. The zero-order valence-electron chi connectivity index (χ0n) is 15.2. The monoisotopic (exact) mass is 401 g/mol. The second-order valence-electron chi connectivity index (χ2n) is 6.78. The minimum absolute atomic E-state index is 0.203. The van der Waals surface area contributed by atoms with Gasteiger partial charge in [-0.1, -0.05) is 47.7 Å². The smallest absolute Gasteiger partial charge is 0.257 e. The molecule has 3 amide bonds. The molecule has 6 nitrogen and oxygen atoms in total. The Balaban J connectivity index is 1.45. The lowest BCUT2D eigenvalue weighted by Gasteiger charge is -2.14. The Morgan fingerprint density at radius 1 is 0.966 bits per heavy atom. The topological polar surface area (TPSA) is 79.4 Å². The molecule has 0 bridgehead atoms. The first kappa shape index (κ1) is 17.5. The van der Waals surface area contributed by atoms with Crippen LogP contribution in [0.5, 0.6) is 0 Å². The van der Waals surface area contributed by atoms with E-state index >= 15 is 0 Å². The fraction of sp³-hybridized carbons (Fsp3) is 0.0909. The summed E-state index contributed by atoms with van der Waals surface area (Å²) in [5.41, 5.74) is 1.63. The van der Waals surface area contributed by atoms with Gasteiger partial charge in [0.2, 0.25) is 11.8 Å². The number of nitrogens with zero attached hydrogens (tertiary/aromatic N) is 2. The largest absolute Gasteiger partial charge is 0.298 e. The Bertz CT molecular complexity index is 1300. The molecule has 7 heteroatoms. The van der Waals surface area contributed by atoms with Gasteiger partial charge in [0.1, 0.15) is 0 Å². The molecule has 0 aliphatic carbocycles. The number of rotatable bonds is 3. The van der Waals surface area contributed by atoms with Crippen molar-refractivity contribution in [3.8, 4) is 0 Å². The molecule has 1 aliphatic rings. The Hall–Kier alpha value is -3.58. The lowest BCUT2D eigenvalue weighted by molar-refractivity contribution is -0.121.